The van der Waals surface area contributed by atoms with E-state index in [1.54, 1.807) is 19.2 Å². The summed E-state index contributed by atoms with van der Waals surface area (Å²) in [5.41, 5.74) is 0. The Morgan fingerprint density at radius 2 is 2.15 bits per heavy atom. The largest absolute Gasteiger partial charge is 0.481 e. The molecule has 1 unspecified atom stereocenters. The SMILES string of the molecule is COc1ccnc(N2CCN(CC(F)(F)F)C(C)C2)n1. The molecule has 112 valence electrons. The minimum Gasteiger partial charge on any atom is -0.481 e. The van der Waals surface area contributed by atoms with Gasteiger partial charge < -0.3 is 9.64 Å². The Kier molecular flexibility index (Phi) is 4.32. The van der Waals surface area contributed by atoms with E-state index >= 15 is 0 Å². The maximum Gasteiger partial charge on any atom is 0.401 e. The monoisotopic (exact) mass is 290 g/mol. The zero-order chi connectivity index (χ0) is 14.8. The van der Waals surface area contributed by atoms with Crippen molar-refractivity contribution in [1.82, 2.24) is 14.9 Å². The predicted molar refractivity (Wildman–Crippen MR) is 67.9 cm³/mol. The van der Waals surface area contributed by atoms with Gasteiger partial charge in [-0.25, -0.2) is 4.98 Å². The van der Waals surface area contributed by atoms with Gasteiger partial charge in [-0.2, -0.15) is 18.2 Å². The third-order valence-corrected chi connectivity index (χ3v) is 3.26. The van der Waals surface area contributed by atoms with Crippen LogP contribution >= 0.6 is 0 Å². The molecule has 0 bridgehead atoms. The smallest absolute Gasteiger partial charge is 0.401 e. The molecular formula is C12H17F3N4O. The lowest BCUT2D eigenvalue weighted by Crippen LogP contribution is -2.54. The zero-order valence-electron chi connectivity index (χ0n) is 11.4. The van der Waals surface area contributed by atoms with Gasteiger partial charge in [0, 0.05) is 37.9 Å². The molecule has 8 heteroatoms. The van der Waals surface area contributed by atoms with Gasteiger partial charge in [0.25, 0.3) is 0 Å². The molecule has 2 heterocycles. The molecule has 1 fully saturated rings. The van der Waals surface area contributed by atoms with Crippen LogP contribution in [0.15, 0.2) is 12.3 Å². The molecule has 1 aliphatic heterocycles. The highest BCUT2D eigenvalue weighted by Crippen LogP contribution is 2.22. The molecule has 0 radical (unpaired) electrons. The topological polar surface area (TPSA) is 41.5 Å². The molecule has 2 rings (SSSR count). The molecule has 0 N–H and O–H groups in total. The van der Waals surface area contributed by atoms with E-state index in [2.05, 4.69) is 9.97 Å². The van der Waals surface area contributed by atoms with Gasteiger partial charge >= 0.3 is 6.18 Å². The fourth-order valence-corrected chi connectivity index (χ4v) is 2.24. The van der Waals surface area contributed by atoms with Gasteiger partial charge in [-0.1, -0.05) is 0 Å². The Balaban J connectivity index is 2.01. The van der Waals surface area contributed by atoms with Gasteiger partial charge in [0.05, 0.1) is 13.7 Å². The summed E-state index contributed by atoms with van der Waals surface area (Å²) in [4.78, 5) is 11.6. The summed E-state index contributed by atoms with van der Waals surface area (Å²) in [5, 5.41) is 0. The number of aromatic nitrogens is 2. The van der Waals surface area contributed by atoms with Gasteiger partial charge in [0.1, 0.15) is 0 Å². The lowest BCUT2D eigenvalue weighted by Gasteiger charge is -2.40. The van der Waals surface area contributed by atoms with E-state index in [1.807, 2.05) is 4.90 Å². The van der Waals surface area contributed by atoms with Gasteiger partial charge in [-0.05, 0) is 6.92 Å². The van der Waals surface area contributed by atoms with E-state index in [4.69, 9.17) is 4.74 Å². The van der Waals surface area contributed by atoms with E-state index in [1.165, 1.54) is 12.0 Å². The second-order valence-electron chi connectivity index (χ2n) is 4.78. The van der Waals surface area contributed by atoms with Crippen molar-refractivity contribution in [3.8, 4) is 5.88 Å². The van der Waals surface area contributed by atoms with Crippen LogP contribution in [0, 0.1) is 0 Å². The first-order valence-electron chi connectivity index (χ1n) is 6.32. The van der Waals surface area contributed by atoms with Crippen LogP contribution in [0.4, 0.5) is 19.1 Å². The minimum atomic E-state index is -4.16. The lowest BCUT2D eigenvalue weighted by atomic mass is 10.2. The molecule has 20 heavy (non-hydrogen) atoms. The van der Waals surface area contributed by atoms with Gasteiger partial charge in [-0.15, -0.1) is 0 Å². The summed E-state index contributed by atoms with van der Waals surface area (Å²) in [6.45, 7) is 2.16. The van der Waals surface area contributed by atoms with Crippen LogP contribution in [-0.4, -0.2) is 60.4 Å². The lowest BCUT2D eigenvalue weighted by molar-refractivity contribution is -0.150. The van der Waals surface area contributed by atoms with E-state index in [9.17, 15) is 13.2 Å². The summed E-state index contributed by atoms with van der Waals surface area (Å²) < 4.78 is 42.3. The van der Waals surface area contributed by atoms with E-state index in [0.29, 0.717) is 31.5 Å². The van der Waals surface area contributed by atoms with Crippen molar-refractivity contribution < 1.29 is 17.9 Å². The number of rotatable bonds is 3. The first-order valence-corrected chi connectivity index (χ1v) is 6.32. The fourth-order valence-electron chi connectivity index (χ4n) is 2.24. The maximum atomic E-state index is 12.4. The van der Waals surface area contributed by atoms with E-state index < -0.39 is 12.7 Å². The Hall–Kier alpha value is -1.57. The second kappa shape index (κ2) is 5.82. The van der Waals surface area contributed by atoms with Crippen molar-refractivity contribution in [3.05, 3.63) is 12.3 Å². The van der Waals surface area contributed by atoms with Crippen LogP contribution in [0.25, 0.3) is 0 Å². The molecule has 1 aromatic heterocycles. The summed E-state index contributed by atoms with van der Waals surface area (Å²) in [7, 11) is 1.51. The molecule has 5 nitrogen and oxygen atoms in total. The molecule has 0 spiro atoms. The predicted octanol–water partition coefficient (Wildman–Crippen LogP) is 1.56. The van der Waals surface area contributed by atoms with E-state index in [0.717, 1.165) is 0 Å². The molecule has 1 aliphatic rings. The average Bonchev–Trinajstić information content (AvgIpc) is 2.40. The van der Waals surface area contributed by atoms with Gasteiger partial charge in [0.15, 0.2) is 0 Å². The van der Waals surface area contributed by atoms with Crippen LogP contribution in [-0.2, 0) is 0 Å². The molecule has 0 amide bonds. The summed E-state index contributed by atoms with van der Waals surface area (Å²) in [6.07, 6.45) is -2.59. The number of piperazine rings is 1. The third kappa shape index (κ3) is 3.72. The number of anilines is 1. The van der Waals surface area contributed by atoms with Crippen molar-refractivity contribution >= 4 is 5.95 Å². The standard InChI is InChI=1S/C12H17F3N4O/c1-9-7-18(5-6-19(9)8-12(13,14)15)11-16-4-3-10(17-11)20-2/h3-4,9H,5-8H2,1-2H3. The normalized spacial score (nSPS) is 21.1. The highest BCUT2D eigenvalue weighted by Gasteiger charge is 2.35. The van der Waals surface area contributed by atoms with Gasteiger partial charge in [0.2, 0.25) is 11.8 Å². The van der Waals surface area contributed by atoms with E-state index in [-0.39, 0.29) is 6.04 Å². The average molecular weight is 290 g/mol. The number of hydrogen-bond donors (Lipinski definition) is 0. The zero-order valence-corrected chi connectivity index (χ0v) is 11.4. The summed E-state index contributed by atoms with van der Waals surface area (Å²) in [6, 6.07) is 1.42. The molecule has 1 atom stereocenters. The summed E-state index contributed by atoms with van der Waals surface area (Å²) >= 11 is 0. The highest BCUT2D eigenvalue weighted by atomic mass is 19.4. The molecular weight excluding hydrogens is 273 g/mol. The quantitative estimate of drug-likeness (QED) is 0.845. The second-order valence-corrected chi connectivity index (χ2v) is 4.78. The van der Waals surface area contributed by atoms with Crippen LogP contribution in [0.5, 0.6) is 5.88 Å². The number of hydrogen-bond acceptors (Lipinski definition) is 5. The number of methoxy groups -OCH3 is 1. The molecule has 1 aromatic rings. The Bertz CT molecular complexity index is 455. The number of halogens is 3. The molecule has 0 aliphatic carbocycles. The molecule has 0 aromatic carbocycles. The van der Waals surface area contributed by atoms with Crippen molar-refractivity contribution in [1.29, 1.82) is 0 Å². The first kappa shape index (κ1) is 14.8. The van der Waals surface area contributed by atoms with Crippen molar-refractivity contribution in [2.75, 3.05) is 38.2 Å². The van der Waals surface area contributed by atoms with Crippen LogP contribution < -0.4 is 9.64 Å². The number of nitrogens with zero attached hydrogens (tertiary/aromatic N) is 4. The molecule has 1 saturated heterocycles. The van der Waals surface area contributed by atoms with Crippen LogP contribution in [0.3, 0.4) is 0 Å². The van der Waals surface area contributed by atoms with Gasteiger partial charge in [-0.3, -0.25) is 4.90 Å². The number of alkyl halides is 3. The molecule has 0 saturated carbocycles. The van der Waals surface area contributed by atoms with Crippen molar-refractivity contribution in [2.45, 2.75) is 19.1 Å². The first-order chi connectivity index (χ1) is 9.39. The summed E-state index contributed by atoms with van der Waals surface area (Å²) in [5.74, 6) is 0.934. The van der Waals surface area contributed by atoms with Crippen molar-refractivity contribution in [2.24, 2.45) is 0 Å². The number of ether oxygens (including phenoxy) is 1. The van der Waals surface area contributed by atoms with Crippen LogP contribution in [0.1, 0.15) is 6.92 Å². The Labute approximate surface area is 115 Å². The van der Waals surface area contributed by atoms with Crippen molar-refractivity contribution in [3.63, 3.8) is 0 Å². The highest BCUT2D eigenvalue weighted by molar-refractivity contribution is 5.33. The van der Waals surface area contributed by atoms with Crippen LogP contribution in [0.2, 0.25) is 0 Å². The fraction of sp³-hybridized carbons (Fsp3) is 0.667. The maximum absolute atomic E-state index is 12.4. The minimum absolute atomic E-state index is 0.208. The Morgan fingerprint density at radius 3 is 2.75 bits per heavy atom. The Morgan fingerprint density at radius 1 is 1.40 bits per heavy atom. The third-order valence-electron chi connectivity index (χ3n) is 3.26.